The van der Waals surface area contributed by atoms with Gasteiger partial charge in [-0.25, -0.2) is 9.78 Å². The number of anilines is 1. The highest BCUT2D eigenvalue weighted by Gasteiger charge is 2.26. The number of rotatable bonds is 6. The minimum Gasteiger partial charge on any atom is -0.324 e. The summed E-state index contributed by atoms with van der Waals surface area (Å²) in [5.74, 6) is 0.538. The van der Waals surface area contributed by atoms with Gasteiger partial charge in [-0.1, -0.05) is 30.3 Å². The molecule has 2 amide bonds. The van der Waals surface area contributed by atoms with Crippen LogP contribution < -0.4 is 5.32 Å². The molecule has 0 radical (unpaired) electrons. The van der Waals surface area contributed by atoms with E-state index in [0.717, 1.165) is 32.6 Å². The SMILES string of the molecule is CCN(C[C@H]1CCN(Cc2ccccc2)C1)C(=O)Nc1nccs1. The molecule has 1 aromatic heterocycles. The summed E-state index contributed by atoms with van der Waals surface area (Å²) in [6.45, 7) is 6.69. The van der Waals surface area contributed by atoms with Gasteiger partial charge in [-0.15, -0.1) is 11.3 Å². The van der Waals surface area contributed by atoms with Gasteiger partial charge in [0.2, 0.25) is 0 Å². The van der Waals surface area contributed by atoms with E-state index in [1.807, 2.05) is 17.2 Å². The predicted molar refractivity (Wildman–Crippen MR) is 98.2 cm³/mol. The number of carbonyl (C=O) groups is 1. The van der Waals surface area contributed by atoms with Crippen molar-refractivity contribution in [3.05, 3.63) is 47.5 Å². The highest BCUT2D eigenvalue weighted by atomic mass is 32.1. The third-order valence-corrected chi connectivity index (χ3v) is 5.10. The second-order valence-electron chi connectivity index (χ2n) is 6.18. The van der Waals surface area contributed by atoms with E-state index in [2.05, 4.69) is 45.5 Å². The molecule has 2 aromatic rings. The van der Waals surface area contributed by atoms with Crippen LogP contribution >= 0.6 is 11.3 Å². The smallest absolute Gasteiger partial charge is 0.323 e. The lowest BCUT2D eigenvalue weighted by Gasteiger charge is -2.24. The number of nitrogens with zero attached hydrogens (tertiary/aromatic N) is 3. The van der Waals surface area contributed by atoms with Crippen molar-refractivity contribution < 1.29 is 4.79 Å². The van der Waals surface area contributed by atoms with Crippen molar-refractivity contribution in [2.45, 2.75) is 19.9 Å². The van der Waals surface area contributed by atoms with E-state index in [0.29, 0.717) is 17.6 Å². The molecule has 0 spiro atoms. The Kier molecular flexibility index (Phi) is 5.82. The van der Waals surface area contributed by atoms with E-state index in [-0.39, 0.29) is 6.03 Å². The molecule has 24 heavy (non-hydrogen) atoms. The quantitative estimate of drug-likeness (QED) is 0.872. The lowest BCUT2D eigenvalue weighted by Crippen LogP contribution is -2.39. The van der Waals surface area contributed by atoms with Crippen molar-refractivity contribution in [3.8, 4) is 0 Å². The van der Waals surface area contributed by atoms with Crippen LogP contribution in [-0.4, -0.2) is 47.0 Å². The largest absolute Gasteiger partial charge is 0.324 e. The first-order chi connectivity index (χ1) is 11.7. The maximum Gasteiger partial charge on any atom is 0.323 e. The minimum absolute atomic E-state index is 0.0473. The van der Waals surface area contributed by atoms with Crippen LogP contribution in [-0.2, 0) is 6.54 Å². The molecule has 0 bridgehead atoms. The lowest BCUT2D eigenvalue weighted by atomic mass is 10.1. The van der Waals surface area contributed by atoms with Crippen molar-refractivity contribution >= 4 is 22.5 Å². The average molecular weight is 344 g/mol. The molecule has 0 unspecified atom stereocenters. The first-order valence-corrected chi connectivity index (χ1v) is 9.34. The zero-order valence-corrected chi connectivity index (χ0v) is 14.8. The molecule has 1 aliphatic rings. The van der Waals surface area contributed by atoms with Gasteiger partial charge in [0.1, 0.15) is 0 Å². The molecule has 1 aliphatic heterocycles. The highest BCUT2D eigenvalue weighted by Crippen LogP contribution is 2.20. The van der Waals surface area contributed by atoms with Gasteiger partial charge in [0.25, 0.3) is 0 Å². The molecule has 0 saturated carbocycles. The maximum atomic E-state index is 12.4. The molecule has 5 nitrogen and oxygen atoms in total. The van der Waals surface area contributed by atoms with Crippen LogP contribution in [0.2, 0.25) is 0 Å². The standard InChI is InChI=1S/C18H24N4OS/c1-2-22(18(23)20-17-19-9-11-24-17)14-16-8-10-21(13-16)12-15-6-4-3-5-7-15/h3-7,9,11,16H,2,8,10,12-14H2,1H3,(H,19,20,23)/t16-/m0/s1. The molecular formula is C18H24N4OS. The molecule has 128 valence electrons. The number of urea groups is 1. The first-order valence-electron chi connectivity index (χ1n) is 8.46. The van der Waals surface area contributed by atoms with Crippen LogP contribution in [0.25, 0.3) is 0 Å². The van der Waals surface area contributed by atoms with Gasteiger partial charge in [0, 0.05) is 37.8 Å². The van der Waals surface area contributed by atoms with Gasteiger partial charge in [0.15, 0.2) is 5.13 Å². The molecule has 1 saturated heterocycles. The number of likely N-dealkylation sites (tertiary alicyclic amines) is 1. The highest BCUT2D eigenvalue weighted by molar-refractivity contribution is 7.13. The summed E-state index contributed by atoms with van der Waals surface area (Å²) in [6.07, 6.45) is 2.85. The van der Waals surface area contributed by atoms with Gasteiger partial charge < -0.3 is 4.90 Å². The molecule has 1 aromatic carbocycles. The summed E-state index contributed by atoms with van der Waals surface area (Å²) < 4.78 is 0. The zero-order chi connectivity index (χ0) is 16.8. The Bertz CT molecular complexity index is 632. The number of hydrogen-bond donors (Lipinski definition) is 1. The number of nitrogens with one attached hydrogen (secondary N) is 1. The van der Waals surface area contributed by atoms with E-state index in [1.54, 1.807) is 6.20 Å². The van der Waals surface area contributed by atoms with E-state index < -0.39 is 0 Å². The van der Waals surface area contributed by atoms with E-state index in [9.17, 15) is 4.79 Å². The second-order valence-corrected chi connectivity index (χ2v) is 7.08. The van der Waals surface area contributed by atoms with E-state index in [4.69, 9.17) is 0 Å². The number of carbonyl (C=O) groups excluding carboxylic acids is 1. The second kappa shape index (κ2) is 8.26. The fourth-order valence-electron chi connectivity index (χ4n) is 3.17. The van der Waals surface area contributed by atoms with E-state index >= 15 is 0 Å². The van der Waals surface area contributed by atoms with Crippen LogP contribution in [0.15, 0.2) is 41.9 Å². The summed E-state index contributed by atoms with van der Waals surface area (Å²) in [6, 6.07) is 10.5. The summed E-state index contributed by atoms with van der Waals surface area (Å²) >= 11 is 1.45. The van der Waals surface area contributed by atoms with Gasteiger partial charge in [-0.3, -0.25) is 10.2 Å². The predicted octanol–water partition coefficient (Wildman–Crippen LogP) is 3.52. The molecule has 6 heteroatoms. The van der Waals surface area contributed by atoms with Gasteiger partial charge in [0.05, 0.1) is 0 Å². The van der Waals surface area contributed by atoms with Gasteiger partial charge in [-0.05, 0) is 31.4 Å². The third kappa shape index (κ3) is 4.55. The Morgan fingerprint density at radius 1 is 1.42 bits per heavy atom. The first kappa shape index (κ1) is 16.9. The van der Waals surface area contributed by atoms with Crippen molar-refractivity contribution in [3.63, 3.8) is 0 Å². The van der Waals surface area contributed by atoms with Crippen molar-refractivity contribution in [2.24, 2.45) is 5.92 Å². The summed E-state index contributed by atoms with van der Waals surface area (Å²) in [4.78, 5) is 20.9. The van der Waals surface area contributed by atoms with Crippen LogP contribution in [0.1, 0.15) is 18.9 Å². The monoisotopic (exact) mass is 344 g/mol. The Balaban J connectivity index is 1.49. The number of benzene rings is 1. The van der Waals surface area contributed by atoms with Crippen molar-refractivity contribution in [1.82, 2.24) is 14.8 Å². The molecule has 1 atom stereocenters. The summed E-state index contributed by atoms with van der Waals surface area (Å²) in [5, 5.41) is 5.41. The normalized spacial score (nSPS) is 17.8. The number of hydrogen-bond acceptors (Lipinski definition) is 4. The molecule has 2 heterocycles. The fourth-order valence-corrected chi connectivity index (χ4v) is 3.69. The Morgan fingerprint density at radius 2 is 2.25 bits per heavy atom. The molecular weight excluding hydrogens is 320 g/mol. The van der Waals surface area contributed by atoms with Crippen LogP contribution in [0, 0.1) is 5.92 Å². The Labute approximate surface area is 147 Å². The number of amides is 2. The van der Waals surface area contributed by atoms with E-state index in [1.165, 1.54) is 16.9 Å². The topological polar surface area (TPSA) is 48.5 Å². The third-order valence-electron chi connectivity index (χ3n) is 4.41. The minimum atomic E-state index is -0.0473. The fraction of sp³-hybridized carbons (Fsp3) is 0.444. The Hall–Kier alpha value is -1.92. The Morgan fingerprint density at radius 3 is 2.96 bits per heavy atom. The molecule has 3 rings (SSSR count). The molecule has 1 fully saturated rings. The average Bonchev–Trinajstić information content (AvgIpc) is 3.25. The van der Waals surface area contributed by atoms with Crippen molar-refractivity contribution in [1.29, 1.82) is 0 Å². The number of thiazole rings is 1. The molecule has 0 aliphatic carbocycles. The molecule has 1 N–H and O–H groups in total. The zero-order valence-electron chi connectivity index (χ0n) is 14.0. The maximum absolute atomic E-state index is 12.4. The lowest BCUT2D eigenvalue weighted by molar-refractivity contribution is 0.203. The van der Waals surface area contributed by atoms with Crippen molar-refractivity contribution in [2.75, 3.05) is 31.5 Å². The van der Waals surface area contributed by atoms with Crippen LogP contribution in [0.3, 0.4) is 0 Å². The van der Waals surface area contributed by atoms with Gasteiger partial charge in [-0.2, -0.15) is 0 Å². The number of aromatic nitrogens is 1. The van der Waals surface area contributed by atoms with Crippen LogP contribution in [0.4, 0.5) is 9.93 Å². The van der Waals surface area contributed by atoms with Gasteiger partial charge >= 0.3 is 6.03 Å². The summed E-state index contributed by atoms with van der Waals surface area (Å²) in [5.41, 5.74) is 1.35. The van der Waals surface area contributed by atoms with Crippen LogP contribution in [0.5, 0.6) is 0 Å². The summed E-state index contributed by atoms with van der Waals surface area (Å²) in [7, 11) is 0.